The van der Waals surface area contributed by atoms with Gasteiger partial charge in [-0.2, -0.15) is 0 Å². The lowest BCUT2D eigenvalue weighted by molar-refractivity contribution is 0.710. The van der Waals surface area contributed by atoms with Crippen LogP contribution in [0, 0.1) is 0 Å². The summed E-state index contributed by atoms with van der Waals surface area (Å²) in [6.07, 6.45) is 3.19. The molecule has 0 bridgehead atoms. The smallest absolute Gasteiger partial charge is 0.271 e. The van der Waals surface area contributed by atoms with Crippen LogP contribution >= 0.6 is 11.6 Å². The number of hydrogen-bond acceptors (Lipinski definition) is 4. The zero-order valence-corrected chi connectivity index (χ0v) is 10.1. The van der Waals surface area contributed by atoms with Crippen molar-refractivity contribution in [2.24, 2.45) is 5.73 Å². The molecule has 0 saturated carbocycles. The first kappa shape index (κ1) is 13.0. The average molecular weight is 245 g/mol. The topological polar surface area (TPSA) is 75.0 Å². The van der Waals surface area contributed by atoms with Gasteiger partial charge >= 0.3 is 0 Å². The first-order valence-corrected chi connectivity index (χ1v) is 5.76. The molecule has 0 radical (unpaired) electrons. The number of nitrogens with one attached hydrogen (secondary N) is 1. The lowest BCUT2D eigenvalue weighted by atomic mass is 10.3. The van der Waals surface area contributed by atoms with Gasteiger partial charge in [-0.15, -0.1) is 0 Å². The van der Waals surface area contributed by atoms with Crippen LogP contribution < -0.4 is 16.2 Å². The van der Waals surface area contributed by atoms with Gasteiger partial charge in [0.2, 0.25) is 0 Å². The highest BCUT2D eigenvalue weighted by Crippen LogP contribution is 2.18. The highest BCUT2D eigenvalue weighted by molar-refractivity contribution is 6.32. The van der Waals surface area contributed by atoms with Crippen molar-refractivity contribution in [1.29, 1.82) is 0 Å². The Morgan fingerprint density at radius 1 is 1.56 bits per heavy atom. The third kappa shape index (κ3) is 3.21. The van der Waals surface area contributed by atoms with E-state index in [9.17, 15) is 4.79 Å². The van der Waals surface area contributed by atoms with E-state index in [1.54, 1.807) is 0 Å². The van der Waals surface area contributed by atoms with Gasteiger partial charge in [0.05, 0.1) is 6.33 Å². The second-order valence-electron chi connectivity index (χ2n) is 3.50. The van der Waals surface area contributed by atoms with Crippen LogP contribution in [-0.2, 0) is 0 Å². The summed E-state index contributed by atoms with van der Waals surface area (Å²) in [7, 11) is 0. The van der Waals surface area contributed by atoms with Gasteiger partial charge in [-0.3, -0.25) is 4.79 Å². The summed E-state index contributed by atoms with van der Waals surface area (Å²) in [4.78, 5) is 19.9. The Kier molecular flexibility index (Phi) is 5.28. The van der Waals surface area contributed by atoms with E-state index in [1.807, 2.05) is 4.90 Å². The first-order valence-electron chi connectivity index (χ1n) is 5.39. The molecule has 5 nitrogen and oxygen atoms in total. The molecule has 1 heterocycles. The summed E-state index contributed by atoms with van der Waals surface area (Å²) in [6, 6.07) is 0. The van der Waals surface area contributed by atoms with Gasteiger partial charge in [-0.25, -0.2) is 4.98 Å². The van der Waals surface area contributed by atoms with Crippen molar-refractivity contribution in [3.05, 3.63) is 21.7 Å². The Morgan fingerprint density at radius 2 is 2.31 bits per heavy atom. The van der Waals surface area contributed by atoms with Gasteiger partial charge in [0.25, 0.3) is 5.56 Å². The van der Waals surface area contributed by atoms with E-state index in [-0.39, 0.29) is 10.6 Å². The standard InChI is InChI=1S/C10H17ClN4O/c1-2-5-15(6-3-4-12)9-8(11)10(16)14-7-13-9/h7H,2-6,12H2,1H3,(H,13,14,16). The summed E-state index contributed by atoms with van der Waals surface area (Å²) >= 11 is 5.92. The van der Waals surface area contributed by atoms with Gasteiger partial charge in [-0.05, 0) is 19.4 Å². The van der Waals surface area contributed by atoms with Crippen LogP contribution in [0.2, 0.25) is 5.02 Å². The number of nitrogens with two attached hydrogens (primary N) is 1. The molecule has 90 valence electrons. The summed E-state index contributed by atoms with van der Waals surface area (Å²) in [6.45, 7) is 4.26. The van der Waals surface area contributed by atoms with Gasteiger partial charge in [0, 0.05) is 13.1 Å². The normalized spacial score (nSPS) is 10.4. The zero-order valence-electron chi connectivity index (χ0n) is 9.37. The van der Waals surface area contributed by atoms with Crippen molar-refractivity contribution < 1.29 is 0 Å². The van der Waals surface area contributed by atoms with Crippen LogP contribution in [0.25, 0.3) is 0 Å². The predicted octanol–water partition coefficient (Wildman–Crippen LogP) is 0.989. The number of hydrogen-bond donors (Lipinski definition) is 2. The lowest BCUT2D eigenvalue weighted by Crippen LogP contribution is -2.29. The number of nitrogens with zero attached hydrogens (tertiary/aromatic N) is 2. The molecule has 0 amide bonds. The van der Waals surface area contributed by atoms with E-state index in [0.29, 0.717) is 12.4 Å². The Bertz CT molecular complexity index is 379. The molecule has 0 spiro atoms. The van der Waals surface area contributed by atoms with Gasteiger partial charge < -0.3 is 15.6 Å². The lowest BCUT2D eigenvalue weighted by Gasteiger charge is -2.23. The molecule has 16 heavy (non-hydrogen) atoms. The first-order chi connectivity index (χ1) is 7.70. The van der Waals surface area contributed by atoms with Crippen molar-refractivity contribution in [3.8, 4) is 0 Å². The van der Waals surface area contributed by atoms with E-state index >= 15 is 0 Å². The van der Waals surface area contributed by atoms with E-state index in [2.05, 4.69) is 16.9 Å². The molecule has 0 aliphatic carbocycles. The van der Waals surface area contributed by atoms with Crippen molar-refractivity contribution in [2.75, 3.05) is 24.5 Å². The molecule has 0 aliphatic heterocycles. The molecule has 1 aromatic rings. The van der Waals surface area contributed by atoms with Gasteiger partial charge in [0.15, 0.2) is 5.82 Å². The maximum atomic E-state index is 11.3. The van der Waals surface area contributed by atoms with Crippen molar-refractivity contribution in [1.82, 2.24) is 9.97 Å². The summed E-state index contributed by atoms with van der Waals surface area (Å²) in [5, 5.41) is 0.146. The van der Waals surface area contributed by atoms with Crippen LogP contribution in [-0.4, -0.2) is 29.6 Å². The molecule has 1 rings (SSSR count). The number of rotatable bonds is 6. The van der Waals surface area contributed by atoms with Crippen LogP contribution in [0.1, 0.15) is 19.8 Å². The van der Waals surface area contributed by atoms with Crippen LogP contribution in [0.4, 0.5) is 5.82 Å². The van der Waals surface area contributed by atoms with E-state index in [1.165, 1.54) is 6.33 Å². The number of anilines is 1. The molecule has 0 unspecified atom stereocenters. The molecule has 1 aromatic heterocycles. The highest BCUT2D eigenvalue weighted by atomic mass is 35.5. The Labute approximate surface area is 99.6 Å². The molecule has 3 N–H and O–H groups in total. The maximum absolute atomic E-state index is 11.3. The van der Waals surface area contributed by atoms with Crippen molar-refractivity contribution >= 4 is 17.4 Å². The minimum Gasteiger partial charge on any atom is -0.355 e. The van der Waals surface area contributed by atoms with Gasteiger partial charge in [0.1, 0.15) is 5.02 Å². The molecule has 0 aliphatic rings. The molecule has 6 heteroatoms. The van der Waals surface area contributed by atoms with E-state index in [4.69, 9.17) is 17.3 Å². The third-order valence-corrected chi connectivity index (χ3v) is 2.54. The molecule has 0 saturated heterocycles. The minimum absolute atomic E-state index is 0.146. The average Bonchev–Trinajstić information content (AvgIpc) is 2.28. The Hall–Kier alpha value is -1.07. The molecule has 0 atom stereocenters. The minimum atomic E-state index is -0.305. The fraction of sp³-hybridized carbons (Fsp3) is 0.600. The number of halogens is 1. The molecule has 0 aromatic carbocycles. The summed E-state index contributed by atoms with van der Waals surface area (Å²) in [5.74, 6) is 0.542. The quantitative estimate of drug-likeness (QED) is 0.783. The largest absolute Gasteiger partial charge is 0.355 e. The SMILES string of the molecule is CCCN(CCCN)c1nc[nH]c(=O)c1Cl. The Balaban J connectivity index is 2.91. The van der Waals surface area contributed by atoms with Crippen molar-refractivity contribution in [2.45, 2.75) is 19.8 Å². The van der Waals surface area contributed by atoms with Gasteiger partial charge in [-0.1, -0.05) is 18.5 Å². The van der Waals surface area contributed by atoms with Crippen LogP contribution in [0.15, 0.2) is 11.1 Å². The van der Waals surface area contributed by atoms with Crippen LogP contribution in [0.3, 0.4) is 0 Å². The third-order valence-electron chi connectivity index (χ3n) is 2.20. The van der Waals surface area contributed by atoms with E-state index < -0.39 is 0 Å². The highest BCUT2D eigenvalue weighted by Gasteiger charge is 2.12. The molecular formula is C10H17ClN4O. The monoisotopic (exact) mass is 244 g/mol. The number of H-pyrrole nitrogens is 1. The summed E-state index contributed by atoms with van der Waals surface area (Å²) in [5.41, 5.74) is 5.17. The van der Waals surface area contributed by atoms with Crippen LogP contribution in [0.5, 0.6) is 0 Å². The fourth-order valence-electron chi connectivity index (χ4n) is 1.47. The Morgan fingerprint density at radius 3 is 2.94 bits per heavy atom. The predicted molar refractivity (Wildman–Crippen MR) is 66.0 cm³/mol. The second kappa shape index (κ2) is 6.50. The summed E-state index contributed by atoms with van der Waals surface area (Å²) < 4.78 is 0. The van der Waals surface area contributed by atoms with Crippen molar-refractivity contribution in [3.63, 3.8) is 0 Å². The molecule has 0 fully saturated rings. The maximum Gasteiger partial charge on any atom is 0.271 e. The fourth-order valence-corrected chi connectivity index (χ4v) is 1.69. The number of aromatic amines is 1. The molecular weight excluding hydrogens is 228 g/mol. The second-order valence-corrected chi connectivity index (χ2v) is 3.88. The van der Waals surface area contributed by atoms with E-state index in [0.717, 1.165) is 25.9 Å². The number of aromatic nitrogens is 2. The zero-order chi connectivity index (χ0) is 12.0.